The van der Waals surface area contributed by atoms with Crippen LogP contribution in [-0.2, 0) is 27.8 Å². The first-order chi connectivity index (χ1) is 13.1. The molecule has 27 heavy (non-hydrogen) atoms. The molecule has 0 heterocycles. The maximum absolute atomic E-state index is 13.4. The van der Waals surface area contributed by atoms with Crippen LogP contribution in [0.5, 0.6) is 0 Å². The normalized spacial score (nSPS) is 15.0. The Morgan fingerprint density at radius 1 is 1.04 bits per heavy atom. The molecule has 144 valence electrons. The van der Waals surface area contributed by atoms with Gasteiger partial charge in [-0.15, -0.1) is 0 Å². The first-order valence-corrected chi connectivity index (χ1v) is 9.81. The molecule has 2 aromatic carbocycles. The zero-order valence-electron chi connectivity index (χ0n) is 16.2. The largest absolute Gasteiger partial charge is 0.465 e. The number of rotatable bonds is 8. The summed E-state index contributed by atoms with van der Waals surface area (Å²) in [7, 11) is 0. The quantitative estimate of drug-likeness (QED) is 0.517. The fraction of sp³-hybridized carbons (Fsp3) is 0.435. The molecular formula is C23H28FNO2. The first-order valence-electron chi connectivity index (χ1n) is 9.81. The number of carbonyl (C=O) groups excluding carboxylic acids is 1. The highest BCUT2D eigenvalue weighted by Gasteiger charge is 2.46. The fourth-order valence-corrected chi connectivity index (χ4v) is 3.98. The minimum Gasteiger partial charge on any atom is -0.465 e. The third-order valence-electron chi connectivity index (χ3n) is 5.64. The van der Waals surface area contributed by atoms with Gasteiger partial charge in [0.15, 0.2) is 0 Å². The molecular weight excluding hydrogens is 341 g/mol. The van der Waals surface area contributed by atoms with Crippen molar-refractivity contribution in [3.63, 3.8) is 0 Å². The molecule has 0 aromatic heterocycles. The number of ether oxygens (including phenoxy) is 1. The van der Waals surface area contributed by atoms with Crippen molar-refractivity contribution in [2.45, 2.75) is 38.5 Å². The van der Waals surface area contributed by atoms with Gasteiger partial charge in [0.25, 0.3) is 0 Å². The third kappa shape index (κ3) is 4.22. The molecule has 1 aliphatic carbocycles. The van der Waals surface area contributed by atoms with Crippen LogP contribution in [0.1, 0.15) is 37.0 Å². The average molecular weight is 369 g/mol. The van der Waals surface area contributed by atoms with E-state index in [4.69, 9.17) is 4.74 Å². The van der Waals surface area contributed by atoms with Crippen molar-refractivity contribution in [3.05, 3.63) is 71.0 Å². The van der Waals surface area contributed by atoms with Crippen LogP contribution < -0.4 is 0 Å². The zero-order chi connectivity index (χ0) is 19.3. The number of fused-ring (bicyclic) bond motifs is 1. The zero-order valence-corrected chi connectivity index (χ0v) is 16.2. The van der Waals surface area contributed by atoms with E-state index in [0.29, 0.717) is 19.4 Å². The highest BCUT2D eigenvalue weighted by atomic mass is 19.1. The topological polar surface area (TPSA) is 29.5 Å². The molecule has 0 aliphatic heterocycles. The molecule has 0 amide bonds. The minimum absolute atomic E-state index is 0.204. The number of halogens is 1. The number of esters is 1. The number of benzene rings is 2. The summed E-state index contributed by atoms with van der Waals surface area (Å²) >= 11 is 0. The van der Waals surface area contributed by atoms with E-state index in [1.807, 2.05) is 12.1 Å². The molecule has 0 N–H and O–H groups in total. The van der Waals surface area contributed by atoms with Crippen LogP contribution in [0.25, 0.3) is 0 Å². The van der Waals surface area contributed by atoms with Gasteiger partial charge in [-0.25, -0.2) is 4.39 Å². The van der Waals surface area contributed by atoms with Crippen LogP contribution in [0.4, 0.5) is 4.39 Å². The monoisotopic (exact) mass is 369 g/mol. The summed E-state index contributed by atoms with van der Waals surface area (Å²) in [5, 5.41) is 0. The summed E-state index contributed by atoms with van der Waals surface area (Å²) in [5.74, 6) is -0.498. The van der Waals surface area contributed by atoms with Crippen LogP contribution in [0.2, 0.25) is 0 Å². The van der Waals surface area contributed by atoms with E-state index in [-0.39, 0.29) is 11.8 Å². The molecule has 0 bridgehead atoms. The van der Waals surface area contributed by atoms with Crippen LogP contribution in [0, 0.1) is 5.82 Å². The molecule has 0 fully saturated rings. The Bertz CT molecular complexity index is 743. The Morgan fingerprint density at radius 2 is 1.63 bits per heavy atom. The second kappa shape index (κ2) is 8.66. The molecule has 0 saturated heterocycles. The summed E-state index contributed by atoms with van der Waals surface area (Å²) in [4.78, 5) is 15.5. The highest BCUT2D eigenvalue weighted by Crippen LogP contribution is 2.41. The predicted octanol–water partition coefficient (Wildman–Crippen LogP) is 4.14. The van der Waals surface area contributed by atoms with Crippen molar-refractivity contribution < 1.29 is 13.9 Å². The average Bonchev–Trinajstić information content (AvgIpc) is 3.09. The van der Waals surface area contributed by atoms with Gasteiger partial charge in [-0.3, -0.25) is 4.79 Å². The van der Waals surface area contributed by atoms with Gasteiger partial charge < -0.3 is 9.64 Å². The Morgan fingerprint density at radius 3 is 2.19 bits per heavy atom. The number of hydrogen-bond donors (Lipinski definition) is 0. The second-order valence-corrected chi connectivity index (χ2v) is 7.23. The number of nitrogens with zero attached hydrogens (tertiary/aromatic N) is 1. The molecule has 3 rings (SSSR count). The summed E-state index contributed by atoms with van der Waals surface area (Å²) in [6.07, 6.45) is 2.02. The van der Waals surface area contributed by atoms with Crippen molar-refractivity contribution in [3.8, 4) is 0 Å². The standard InChI is InChI=1S/C23H28FNO2/c1-3-25(4-2)14-7-15-27-22(26)23(20-10-12-21(24)13-11-20)16-18-8-5-6-9-19(18)17-23/h5-6,8-13H,3-4,7,14-17H2,1-2H3. The fourth-order valence-electron chi connectivity index (χ4n) is 3.98. The Kier molecular flexibility index (Phi) is 6.27. The van der Waals surface area contributed by atoms with Gasteiger partial charge in [-0.1, -0.05) is 50.2 Å². The van der Waals surface area contributed by atoms with E-state index in [9.17, 15) is 9.18 Å². The summed E-state index contributed by atoms with van der Waals surface area (Å²) < 4.78 is 19.2. The molecule has 1 aliphatic rings. The van der Waals surface area contributed by atoms with Gasteiger partial charge in [-0.2, -0.15) is 0 Å². The molecule has 2 aromatic rings. The van der Waals surface area contributed by atoms with Gasteiger partial charge in [0.1, 0.15) is 11.2 Å². The van der Waals surface area contributed by atoms with Crippen molar-refractivity contribution in [1.82, 2.24) is 4.90 Å². The Balaban J connectivity index is 1.75. The molecule has 3 nitrogen and oxygen atoms in total. The summed E-state index contributed by atoms with van der Waals surface area (Å²) in [5.41, 5.74) is 2.41. The molecule has 4 heteroatoms. The van der Waals surface area contributed by atoms with E-state index in [0.717, 1.165) is 31.6 Å². The smallest absolute Gasteiger partial charge is 0.317 e. The van der Waals surface area contributed by atoms with Crippen LogP contribution in [0.3, 0.4) is 0 Å². The van der Waals surface area contributed by atoms with E-state index in [2.05, 4.69) is 30.9 Å². The highest BCUT2D eigenvalue weighted by molar-refractivity contribution is 5.85. The van der Waals surface area contributed by atoms with Crippen molar-refractivity contribution >= 4 is 5.97 Å². The van der Waals surface area contributed by atoms with Gasteiger partial charge in [0, 0.05) is 6.54 Å². The lowest BCUT2D eigenvalue weighted by molar-refractivity contribution is -0.150. The molecule has 0 spiro atoms. The van der Waals surface area contributed by atoms with E-state index in [1.54, 1.807) is 12.1 Å². The summed E-state index contributed by atoms with van der Waals surface area (Å²) in [6, 6.07) is 14.4. The Labute approximate surface area is 161 Å². The first kappa shape index (κ1) is 19.6. The maximum Gasteiger partial charge on any atom is 0.317 e. The SMILES string of the molecule is CCN(CC)CCCOC(=O)C1(c2ccc(F)cc2)Cc2ccccc2C1. The molecule has 0 radical (unpaired) electrons. The molecule has 0 atom stereocenters. The van der Waals surface area contributed by atoms with Crippen LogP contribution in [0.15, 0.2) is 48.5 Å². The van der Waals surface area contributed by atoms with Crippen molar-refractivity contribution in [2.24, 2.45) is 0 Å². The Hall–Kier alpha value is -2.20. The lowest BCUT2D eigenvalue weighted by atomic mass is 9.77. The van der Waals surface area contributed by atoms with Crippen LogP contribution >= 0.6 is 0 Å². The van der Waals surface area contributed by atoms with E-state index < -0.39 is 5.41 Å². The second-order valence-electron chi connectivity index (χ2n) is 7.23. The summed E-state index contributed by atoms with van der Waals surface area (Å²) in [6.45, 7) is 7.60. The van der Waals surface area contributed by atoms with Crippen LogP contribution in [-0.4, -0.2) is 37.1 Å². The lowest BCUT2D eigenvalue weighted by Gasteiger charge is -2.27. The minimum atomic E-state index is -0.757. The van der Waals surface area contributed by atoms with Gasteiger partial charge in [0.05, 0.1) is 6.61 Å². The van der Waals surface area contributed by atoms with Gasteiger partial charge in [0.2, 0.25) is 0 Å². The molecule has 0 unspecified atom stereocenters. The maximum atomic E-state index is 13.4. The molecule has 0 saturated carbocycles. The van der Waals surface area contributed by atoms with Crippen molar-refractivity contribution in [1.29, 1.82) is 0 Å². The number of hydrogen-bond acceptors (Lipinski definition) is 3. The van der Waals surface area contributed by atoms with Gasteiger partial charge in [-0.05, 0) is 61.2 Å². The lowest BCUT2D eigenvalue weighted by Crippen LogP contribution is -2.39. The predicted molar refractivity (Wildman–Crippen MR) is 105 cm³/mol. The van der Waals surface area contributed by atoms with Gasteiger partial charge >= 0.3 is 5.97 Å². The third-order valence-corrected chi connectivity index (χ3v) is 5.64. The number of carbonyl (C=O) groups is 1. The van der Waals surface area contributed by atoms with E-state index in [1.165, 1.54) is 23.3 Å². The van der Waals surface area contributed by atoms with Crippen molar-refractivity contribution in [2.75, 3.05) is 26.2 Å². The van der Waals surface area contributed by atoms with E-state index >= 15 is 0 Å².